The van der Waals surface area contributed by atoms with Gasteiger partial charge in [-0.2, -0.15) is 0 Å². The summed E-state index contributed by atoms with van der Waals surface area (Å²) in [5.41, 5.74) is 12.9. The lowest BCUT2D eigenvalue weighted by molar-refractivity contribution is 1.18. The summed E-state index contributed by atoms with van der Waals surface area (Å²) in [5.74, 6) is 0.710. The molecular weight excluding hydrogens is 595 g/mol. The molecule has 0 aliphatic heterocycles. The van der Waals surface area contributed by atoms with E-state index in [1.165, 1.54) is 11.1 Å². The highest BCUT2D eigenvalue weighted by Crippen LogP contribution is 2.36. The summed E-state index contributed by atoms with van der Waals surface area (Å²) in [5, 5.41) is 0. The summed E-state index contributed by atoms with van der Waals surface area (Å²) in [4.78, 5) is 12.3. The molecule has 0 fully saturated rings. The van der Waals surface area contributed by atoms with Gasteiger partial charge in [0.25, 0.3) is 0 Å². The number of rotatable bonds is 8. The number of nitrogens with zero attached hydrogens (tertiary/aromatic N) is 3. The Hall–Kier alpha value is -6.58. The Morgan fingerprint density at radius 1 is 0.265 bits per heavy atom. The predicted octanol–water partition coefficient (Wildman–Crippen LogP) is 12.3. The highest BCUT2D eigenvalue weighted by Gasteiger charge is 2.14. The van der Waals surface area contributed by atoms with E-state index < -0.39 is 0 Å². The Labute approximate surface area is 287 Å². The van der Waals surface area contributed by atoms with Crippen molar-refractivity contribution >= 4 is 17.1 Å². The van der Waals surface area contributed by atoms with E-state index in [0.29, 0.717) is 5.82 Å². The van der Waals surface area contributed by atoms with Gasteiger partial charge in [-0.15, -0.1) is 0 Å². The third-order valence-corrected chi connectivity index (χ3v) is 8.71. The van der Waals surface area contributed by atoms with Crippen LogP contribution in [0, 0.1) is 0 Å². The standard InChI is InChI=1S/C46H33N3/c1-5-13-34(14-6-1)35-21-25-38(26-22-35)44-33-45(48-46(47-44)40-15-7-2-8-16-40)39-27-23-36(24-28-39)37-29-31-43(32-30-37)49(41-17-9-3-10-18-41)42-19-11-4-12-20-42/h1-33H. The van der Waals surface area contributed by atoms with Gasteiger partial charge in [0.05, 0.1) is 11.4 Å². The molecule has 0 spiro atoms. The second kappa shape index (κ2) is 13.6. The van der Waals surface area contributed by atoms with Crippen LogP contribution in [0.15, 0.2) is 200 Å². The van der Waals surface area contributed by atoms with Crippen molar-refractivity contribution in [3.05, 3.63) is 200 Å². The zero-order chi connectivity index (χ0) is 32.8. The maximum Gasteiger partial charge on any atom is 0.160 e. The molecule has 0 bridgehead atoms. The minimum absolute atomic E-state index is 0.710. The zero-order valence-corrected chi connectivity index (χ0v) is 26.9. The Morgan fingerprint density at radius 3 is 1.00 bits per heavy atom. The van der Waals surface area contributed by atoms with E-state index >= 15 is 0 Å². The highest BCUT2D eigenvalue weighted by molar-refractivity contribution is 5.79. The largest absolute Gasteiger partial charge is 0.311 e. The highest BCUT2D eigenvalue weighted by atomic mass is 15.1. The molecule has 8 rings (SSSR count). The zero-order valence-electron chi connectivity index (χ0n) is 26.9. The quantitative estimate of drug-likeness (QED) is 0.168. The van der Waals surface area contributed by atoms with Crippen LogP contribution >= 0.6 is 0 Å². The van der Waals surface area contributed by atoms with Crippen molar-refractivity contribution in [2.45, 2.75) is 0 Å². The van der Waals surface area contributed by atoms with Crippen LogP contribution in [-0.4, -0.2) is 9.97 Å². The number of hydrogen-bond acceptors (Lipinski definition) is 3. The number of para-hydroxylation sites is 2. The SMILES string of the molecule is c1ccc(-c2ccc(-c3cc(-c4ccc(-c5ccc(N(c6ccccc6)c6ccccc6)cc5)cc4)nc(-c4ccccc4)n3)cc2)cc1. The van der Waals surface area contributed by atoms with E-state index in [9.17, 15) is 0 Å². The molecule has 1 aromatic heterocycles. The lowest BCUT2D eigenvalue weighted by Crippen LogP contribution is -2.09. The lowest BCUT2D eigenvalue weighted by Gasteiger charge is -2.25. The minimum atomic E-state index is 0.710. The molecule has 3 nitrogen and oxygen atoms in total. The number of anilines is 3. The van der Waals surface area contributed by atoms with Gasteiger partial charge in [-0.1, -0.05) is 158 Å². The molecule has 3 heteroatoms. The van der Waals surface area contributed by atoms with Crippen molar-refractivity contribution in [2.24, 2.45) is 0 Å². The second-order valence-corrected chi connectivity index (χ2v) is 11.9. The first-order chi connectivity index (χ1) is 24.3. The average Bonchev–Trinajstić information content (AvgIpc) is 3.20. The molecule has 0 saturated carbocycles. The molecule has 0 atom stereocenters. The lowest BCUT2D eigenvalue weighted by atomic mass is 10.00. The Morgan fingerprint density at radius 2 is 0.571 bits per heavy atom. The molecule has 49 heavy (non-hydrogen) atoms. The summed E-state index contributed by atoms with van der Waals surface area (Å²) < 4.78 is 0. The molecule has 0 aliphatic rings. The third kappa shape index (κ3) is 6.51. The molecule has 232 valence electrons. The Kier molecular flexibility index (Phi) is 8.30. The first kappa shape index (κ1) is 29.8. The van der Waals surface area contributed by atoms with Crippen LogP contribution < -0.4 is 4.90 Å². The molecule has 0 saturated heterocycles. The number of benzene rings is 7. The van der Waals surface area contributed by atoms with E-state index in [1.54, 1.807) is 0 Å². The molecular formula is C46H33N3. The maximum atomic E-state index is 5.04. The van der Waals surface area contributed by atoms with Crippen LogP contribution in [-0.2, 0) is 0 Å². The first-order valence-electron chi connectivity index (χ1n) is 16.5. The molecule has 0 unspecified atom stereocenters. The summed E-state index contributed by atoms with van der Waals surface area (Å²) in [6.45, 7) is 0. The maximum absolute atomic E-state index is 5.04. The van der Waals surface area contributed by atoms with Crippen LogP contribution in [0.1, 0.15) is 0 Å². The van der Waals surface area contributed by atoms with Gasteiger partial charge < -0.3 is 4.90 Å². The monoisotopic (exact) mass is 627 g/mol. The van der Waals surface area contributed by atoms with Gasteiger partial charge in [-0.3, -0.25) is 0 Å². The third-order valence-electron chi connectivity index (χ3n) is 8.71. The van der Waals surface area contributed by atoms with Gasteiger partial charge in [0.2, 0.25) is 0 Å². The number of aromatic nitrogens is 2. The molecule has 0 amide bonds. The van der Waals surface area contributed by atoms with E-state index in [4.69, 9.17) is 9.97 Å². The van der Waals surface area contributed by atoms with Crippen molar-refractivity contribution in [3.63, 3.8) is 0 Å². The molecule has 7 aromatic carbocycles. The Balaban J connectivity index is 1.10. The molecule has 0 radical (unpaired) electrons. The van der Waals surface area contributed by atoms with Crippen molar-refractivity contribution in [3.8, 4) is 56.2 Å². The Bertz CT molecular complexity index is 2230. The van der Waals surface area contributed by atoms with Crippen LogP contribution in [0.4, 0.5) is 17.1 Å². The van der Waals surface area contributed by atoms with Crippen LogP contribution in [0.3, 0.4) is 0 Å². The van der Waals surface area contributed by atoms with Gasteiger partial charge in [0, 0.05) is 33.8 Å². The first-order valence-corrected chi connectivity index (χ1v) is 16.5. The van der Waals surface area contributed by atoms with Crippen molar-refractivity contribution in [1.29, 1.82) is 0 Å². The number of hydrogen-bond donors (Lipinski definition) is 0. The summed E-state index contributed by atoms with van der Waals surface area (Å²) >= 11 is 0. The van der Waals surface area contributed by atoms with Gasteiger partial charge in [0.1, 0.15) is 0 Å². The van der Waals surface area contributed by atoms with Crippen LogP contribution in [0.5, 0.6) is 0 Å². The van der Waals surface area contributed by atoms with Gasteiger partial charge in [-0.25, -0.2) is 9.97 Å². The molecule has 1 heterocycles. The van der Waals surface area contributed by atoms with Crippen LogP contribution in [0.25, 0.3) is 56.2 Å². The average molecular weight is 628 g/mol. The van der Waals surface area contributed by atoms with E-state index in [2.05, 4.69) is 169 Å². The van der Waals surface area contributed by atoms with E-state index in [1.807, 2.05) is 36.4 Å². The van der Waals surface area contributed by atoms with Crippen molar-refractivity contribution in [1.82, 2.24) is 9.97 Å². The topological polar surface area (TPSA) is 29.0 Å². The molecule has 0 N–H and O–H groups in total. The second-order valence-electron chi connectivity index (χ2n) is 11.9. The molecule has 0 aliphatic carbocycles. The van der Waals surface area contributed by atoms with Gasteiger partial charge >= 0.3 is 0 Å². The fourth-order valence-electron chi connectivity index (χ4n) is 6.16. The van der Waals surface area contributed by atoms with E-state index in [-0.39, 0.29) is 0 Å². The normalized spacial score (nSPS) is 10.9. The summed E-state index contributed by atoms with van der Waals surface area (Å²) in [6, 6.07) is 69.7. The molecule has 8 aromatic rings. The smallest absolute Gasteiger partial charge is 0.160 e. The van der Waals surface area contributed by atoms with Gasteiger partial charge in [-0.05, 0) is 64.7 Å². The van der Waals surface area contributed by atoms with E-state index in [0.717, 1.165) is 56.3 Å². The summed E-state index contributed by atoms with van der Waals surface area (Å²) in [7, 11) is 0. The fourth-order valence-corrected chi connectivity index (χ4v) is 6.16. The van der Waals surface area contributed by atoms with Crippen molar-refractivity contribution in [2.75, 3.05) is 4.90 Å². The predicted molar refractivity (Wildman–Crippen MR) is 204 cm³/mol. The summed E-state index contributed by atoms with van der Waals surface area (Å²) in [6.07, 6.45) is 0. The minimum Gasteiger partial charge on any atom is -0.311 e. The van der Waals surface area contributed by atoms with Gasteiger partial charge in [0.15, 0.2) is 5.82 Å². The van der Waals surface area contributed by atoms with Crippen molar-refractivity contribution < 1.29 is 0 Å². The fraction of sp³-hybridized carbons (Fsp3) is 0. The van der Waals surface area contributed by atoms with Crippen LogP contribution in [0.2, 0.25) is 0 Å².